The molecule has 0 fully saturated rings. The summed E-state index contributed by atoms with van der Waals surface area (Å²) >= 11 is 5.63. The molecule has 1 heterocycles. The van der Waals surface area contributed by atoms with E-state index in [1.165, 1.54) is 0 Å². The third kappa shape index (κ3) is 1.83. The highest BCUT2D eigenvalue weighted by atomic mass is 32.4. The second-order valence-corrected chi connectivity index (χ2v) is 7.64. The molecule has 0 aliphatic heterocycles. The van der Waals surface area contributed by atoms with Crippen molar-refractivity contribution in [2.45, 2.75) is 0 Å². The van der Waals surface area contributed by atoms with Crippen molar-refractivity contribution in [2.24, 2.45) is 0 Å². The second kappa shape index (κ2) is 3.88. The molecular weight excluding hydrogens is 203 g/mol. The van der Waals surface area contributed by atoms with E-state index in [4.69, 9.17) is 11.8 Å². The van der Waals surface area contributed by atoms with E-state index < -0.39 is 6.49 Å². The highest BCUT2D eigenvalue weighted by Crippen LogP contribution is 2.49. The first kappa shape index (κ1) is 10.9. The summed E-state index contributed by atoms with van der Waals surface area (Å²) in [5, 5.41) is 4.21. The molecule has 6 heteroatoms. The minimum atomic E-state index is -1.86. The van der Waals surface area contributed by atoms with Crippen molar-refractivity contribution in [3.8, 4) is 0 Å². The molecule has 0 saturated carbocycles. The van der Waals surface area contributed by atoms with Gasteiger partial charge in [0.25, 0.3) is 0 Å². The lowest BCUT2D eigenvalue weighted by molar-refractivity contribution is 0.550. The van der Waals surface area contributed by atoms with Crippen LogP contribution in [0.5, 0.6) is 0 Å². The van der Waals surface area contributed by atoms with Crippen LogP contribution in [0.15, 0.2) is 18.5 Å². The van der Waals surface area contributed by atoms with Gasteiger partial charge in [0, 0.05) is 12.4 Å². The molecule has 0 N–H and O–H groups in total. The first-order chi connectivity index (χ1) is 5.99. The van der Waals surface area contributed by atoms with Crippen LogP contribution in [0.3, 0.4) is 0 Å². The van der Waals surface area contributed by atoms with Gasteiger partial charge in [-0.15, -0.1) is 0 Å². The molecule has 0 aliphatic carbocycles. The van der Waals surface area contributed by atoms with Crippen LogP contribution in [0.25, 0.3) is 0 Å². The number of aromatic nitrogens is 2. The predicted octanol–water partition coefficient (Wildman–Crippen LogP) is 1.08. The summed E-state index contributed by atoms with van der Waals surface area (Å²) in [6.45, 7) is -1.86. The van der Waals surface area contributed by atoms with Crippen molar-refractivity contribution in [3.63, 3.8) is 0 Å². The molecule has 0 aromatic carbocycles. The Hall–Kier alpha value is -0.220. The Labute approximate surface area is 84.3 Å². The van der Waals surface area contributed by atoms with Gasteiger partial charge in [-0.05, 0) is 46.1 Å². The summed E-state index contributed by atoms with van der Waals surface area (Å²) < 4.78 is 5.97. The molecule has 4 nitrogen and oxygen atoms in total. The van der Waals surface area contributed by atoms with Crippen LogP contribution in [0, 0.1) is 0 Å². The van der Waals surface area contributed by atoms with E-state index >= 15 is 0 Å². The SMILES string of the molecule is CN(C)P(=S)(N(C)C)n1cccn1. The van der Waals surface area contributed by atoms with Crippen molar-refractivity contribution in [1.82, 2.24) is 18.9 Å². The standard InChI is InChI=1S/C7H15N4PS/c1-9(2)12(13,10(3)4)11-7-5-6-8-11/h5-7H,1-4H3. The van der Waals surface area contributed by atoms with Crippen molar-refractivity contribution < 1.29 is 0 Å². The van der Waals surface area contributed by atoms with Gasteiger partial charge in [-0.3, -0.25) is 9.34 Å². The molecule has 0 unspecified atom stereocenters. The maximum Gasteiger partial charge on any atom is 0.188 e. The van der Waals surface area contributed by atoms with Crippen molar-refractivity contribution in [3.05, 3.63) is 18.5 Å². The Kier molecular flexibility index (Phi) is 3.24. The van der Waals surface area contributed by atoms with E-state index in [-0.39, 0.29) is 0 Å². The fourth-order valence-corrected chi connectivity index (χ4v) is 3.32. The Balaban J connectivity index is 3.14. The van der Waals surface area contributed by atoms with Gasteiger partial charge in [-0.25, -0.2) is 4.45 Å². The van der Waals surface area contributed by atoms with Crippen LogP contribution in [0.1, 0.15) is 0 Å². The Morgan fingerprint density at radius 1 is 1.23 bits per heavy atom. The lowest BCUT2D eigenvalue weighted by atomic mass is 10.8. The number of rotatable bonds is 3. The smallest absolute Gasteiger partial charge is 0.188 e. The second-order valence-electron chi connectivity index (χ2n) is 3.13. The van der Waals surface area contributed by atoms with E-state index in [0.717, 1.165) is 0 Å². The molecular formula is C7H15N4PS. The Morgan fingerprint density at radius 3 is 2.08 bits per heavy atom. The average molecular weight is 218 g/mol. The summed E-state index contributed by atoms with van der Waals surface area (Å²) in [7, 11) is 7.95. The van der Waals surface area contributed by atoms with E-state index in [9.17, 15) is 0 Å². The lowest BCUT2D eigenvalue weighted by Gasteiger charge is -2.34. The zero-order valence-corrected chi connectivity index (χ0v) is 10.1. The average Bonchev–Trinajstić information content (AvgIpc) is 2.54. The summed E-state index contributed by atoms with van der Waals surface area (Å²) in [5.41, 5.74) is 0. The monoisotopic (exact) mass is 218 g/mol. The van der Waals surface area contributed by atoms with Gasteiger partial charge in [0.15, 0.2) is 6.49 Å². The number of hydrogen-bond acceptors (Lipinski definition) is 2. The molecule has 1 aromatic heterocycles. The van der Waals surface area contributed by atoms with E-state index in [2.05, 4.69) is 14.4 Å². The summed E-state index contributed by atoms with van der Waals surface area (Å²) in [4.78, 5) is 0. The van der Waals surface area contributed by atoms with Crippen LogP contribution in [-0.2, 0) is 11.8 Å². The fourth-order valence-electron chi connectivity index (χ4n) is 1.14. The van der Waals surface area contributed by atoms with Crippen molar-refractivity contribution in [2.75, 3.05) is 28.2 Å². The quantitative estimate of drug-likeness (QED) is 0.709. The lowest BCUT2D eigenvalue weighted by Crippen LogP contribution is -2.25. The number of hydrogen-bond donors (Lipinski definition) is 0. The Bertz CT molecular complexity index is 294. The molecule has 0 amide bonds. The van der Waals surface area contributed by atoms with Crippen LogP contribution in [0.2, 0.25) is 0 Å². The molecule has 0 spiro atoms. The van der Waals surface area contributed by atoms with E-state index in [0.29, 0.717) is 0 Å². The summed E-state index contributed by atoms with van der Waals surface area (Å²) in [6.07, 6.45) is 3.68. The molecule has 1 rings (SSSR count). The maximum absolute atomic E-state index is 5.63. The summed E-state index contributed by atoms with van der Waals surface area (Å²) in [5.74, 6) is 0. The largest absolute Gasteiger partial charge is 0.252 e. The van der Waals surface area contributed by atoms with E-state index in [1.54, 1.807) is 6.20 Å². The molecule has 0 bridgehead atoms. The van der Waals surface area contributed by atoms with Gasteiger partial charge in [0.05, 0.1) is 0 Å². The minimum Gasteiger partial charge on any atom is -0.252 e. The third-order valence-electron chi connectivity index (χ3n) is 1.80. The zero-order chi connectivity index (χ0) is 10.1. The van der Waals surface area contributed by atoms with Gasteiger partial charge in [0.1, 0.15) is 0 Å². The van der Waals surface area contributed by atoms with Gasteiger partial charge in [-0.2, -0.15) is 5.10 Å². The fraction of sp³-hybridized carbons (Fsp3) is 0.571. The first-order valence-electron chi connectivity index (χ1n) is 3.95. The predicted molar refractivity (Wildman–Crippen MR) is 59.3 cm³/mol. The molecule has 74 valence electrons. The molecule has 0 atom stereocenters. The molecule has 0 saturated heterocycles. The first-order valence-corrected chi connectivity index (χ1v) is 6.62. The van der Waals surface area contributed by atoms with Crippen molar-refractivity contribution in [1.29, 1.82) is 0 Å². The molecule has 0 radical (unpaired) electrons. The molecule has 0 aliphatic rings. The highest BCUT2D eigenvalue weighted by molar-refractivity contribution is 8.11. The molecule has 13 heavy (non-hydrogen) atoms. The zero-order valence-electron chi connectivity index (χ0n) is 8.38. The third-order valence-corrected chi connectivity index (χ3v) is 7.12. The van der Waals surface area contributed by atoms with Crippen LogP contribution >= 0.6 is 6.49 Å². The van der Waals surface area contributed by atoms with Gasteiger partial charge in [0.2, 0.25) is 0 Å². The summed E-state index contributed by atoms with van der Waals surface area (Å²) in [6, 6.07) is 1.90. The van der Waals surface area contributed by atoms with Crippen molar-refractivity contribution >= 4 is 18.3 Å². The maximum atomic E-state index is 5.63. The number of nitrogens with zero attached hydrogens (tertiary/aromatic N) is 4. The molecule has 1 aromatic rings. The topological polar surface area (TPSA) is 24.3 Å². The normalized spacial score (nSPS) is 12.8. The highest BCUT2D eigenvalue weighted by Gasteiger charge is 2.24. The van der Waals surface area contributed by atoms with Gasteiger partial charge in [-0.1, -0.05) is 0 Å². The minimum absolute atomic E-state index is 1.76. The van der Waals surface area contributed by atoms with Gasteiger partial charge < -0.3 is 0 Å². The van der Waals surface area contributed by atoms with Gasteiger partial charge >= 0.3 is 0 Å². The van der Waals surface area contributed by atoms with Crippen LogP contribution < -0.4 is 0 Å². The van der Waals surface area contributed by atoms with Crippen LogP contribution in [0.4, 0.5) is 0 Å². The Morgan fingerprint density at radius 2 is 1.77 bits per heavy atom. The van der Waals surface area contributed by atoms with Crippen LogP contribution in [-0.4, -0.2) is 47.1 Å². The van der Waals surface area contributed by atoms with E-state index in [1.807, 2.05) is 44.9 Å².